The Morgan fingerprint density at radius 3 is 2.57 bits per heavy atom. The molecule has 0 saturated heterocycles. The summed E-state index contributed by atoms with van der Waals surface area (Å²) in [5, 5.41) is 5.62. The molecule has 0 aliphatic rings. The van der Waals surface area contributed by atoms with E-state index in [1.165, 1.54) is 10.8 Å². The van der Waals surface area contributed by atoms with E-state index < -0.39 is 0 Å². The van der Waals surface area contributed by atoms with Gasteiger partial charge in [-0.15, -0.1) is 0 Å². The summed E-state index contributed by atoms with van der Waals surface area (Å²) in [4.78, 5) is 0.793. The zero-order chi connectivity index (χ0) is 9.97. The molecule has 1 nitrogen and oxygen atoms in total. The molecular weight excluding hydrogens is 190 g/mol. The average Bonchev–Trinajstić information content (AvgIpc) is 2.18. The Bertz CT molecular complexity index is 471. The molecule has 0 aliphatic heterocycles. The summed E-state index contributed by atoms with van der Waals surface area (Å²) in [5.41, 5.74) is 1.08. The third-order valence-electron chi connectivity index (χ3n) is 2.10. The van der Waals surface area contributed by atoms with Gasteiger partial charge in [0.1, 0.15) is 0 Å². The topological polar surface area (TPSA) is 12.0 Å². The summed E-state index contributed by atoms with van der Waals surface area (Å²) in [6, 6.07) is 14.4. The second-order valence-electron chi connectivity index (χ2n) is 3.21. The van der Waals surface area contributed by atoms with Crippen LogP contribution in [-0.2, 0) is 0 Å². The normalized spacial score (nSPS) is 10.1. The van der Waals surface area contributed by atoms with Crippen molar-refractivity contribution in [3.8, 4) is 0 Å². The third-order valence-corrected chi connectivity index (χ3v) is 2.20. The Balaban J connectivity index is 2.59. The molecule has 2 aromatic rings. The zero-order valence-electron chi connectivity index (χ0n) is 7.95. The van der Waals surface area contributed by atoms with E-state index in [1.807, 2.05) is 31.2 Å². The standard InChI is InChI=1S/C12H11NS/c1-9(14)13-12-8-4-6-10-5-2-3-7-11(10)12/h2-8H,1H3,(H,13,14). The maximum atomic E-state index is 5.03. The number of rotatable bonds is 1. The first-order valence-electron chi connectivity index (χ1n) is 4.53. The first kappa shape index (κ1) is 9.16. The van der Waals surface area contributed by atoms with Crippen molar-refractivity contribution in [2.45, 2.75) is 6.92 Å². The van der Waals surface area contributed by atoms with Gasteiger partial charge in [0.25, 0.3) is 0 Å². The molecule has 0 fully saturated rings. The quantitative estimate of drug-likeness (QED) is 0.707. The molecule has 0 aromatic heterocycles. The fourth-order valence-electron chi connectivity index (χ4n) is 1.52. The van der Waals surface area contributed by atoms with Gasteiger partial charge in [0.2, 0.25) is 0 Å². The van der Waals surface area contributed by atoms with Crippen LogP contribution in [0.25, 0.3) is 10.8 Å². The molecule has 0 saturated carbocycles. The summed E-state index contributed by atoms with van der Waals surface area (Å²) < 4.78 is 0. The lowest BCUT2D eigenvalue weighted by atomic mass is 10.1. The smallest absolute Gasteiger partial charge is 0.0765 e. The van der Waals surface area contributed by atoms with Crippen molar-refractivity contribution in [2.24, 2.45) is 0 Å². The minimum Gasteiger partial charge on any atom is -0.350 e. The number of hydrogen-bond acceptors (Lipinski definition) is 1. The minimum absolute atomic E-state index is 0.793. The number of hydrogen-bond donors (Lipinski definition) is 1. The Hall–Kier alpha value is -1.41. The van der Waals surface area contributed by atoms with Crippen molar-refractivity contribution in [1.29, 1.82) is 0 Å². The lowest BCUT2D eigenvalue weighted by Gasteiger charge is -2.07. The van der Waals surface area contributed by atoms with Gasteiger partial charge in [-0.05, 0) is 18.4 Å². The number of nitrogens with one attached hydrogen (secondary N) is 1. The molecule has 0 spiro atoms. The van der Waals surface area contributed by atoms with Crippen LogP contribution in [0.3, 0.4) is 0 Å². The van der Waals surface area contributed by atoms with Gasteiger partial charge in [-0.2, -0.15) is 0 Å². The van der Waals surface area contributed by atoms with Gasteiger partial charge in [-0.1, -0.05) is 48.6 Å². The van der Waals surface area contributed by atoms with E-state index in [1.54, 1.807) is 0 Å². The molecule has 0 unspecified atom stereocenters. The van der Waals surface area contributed by atoms with Gasteiger partial charge in [0.05, 0.1) is 4.99 Å². The number of anilines is 1. The Morgan fingerprint density at radius 2 is 1.79 bits per heavy atom. The summed E-state index contributed by atoms with van der Waals surface area (Å²) in [6.07, 6.45) is 0. The number of thiocarbonyl (C=S) groups is 1. The molecule has 2 aromatic carbocycles. The van der Waals surface area contributed by atoms with E-state index >= 15 is 0 Å². The maximum Gasteiger partial charge on any atom is 0.0765 e. The van der Waals surface area contributed by atoms with Crippen LogP contribution in [0.5, 0.6) is 0 Å². The van der Waals surface area contributed by atoms with Crippen molar-refractivity contribution in [3.63, 3.8) is 0 Å². The van der Waals surface area contributed by atoms with E-state index in [-0.39, 0.29) is 0 Å². The summed E-state index contributed by atoms with van der Waals surface area (Å²) in [6.45, 7) is 1.89. The second kappa shape index (κ2) is 3.76. The SMILES string of the molecule is CC(=S)Nc1cccc2ccccc12. The van der Waals surface area contributed by atoms with E-state index in [0.717, 1.165) is 10.7 Å². The first-order chi connectivity index (χ1) is 6.77. The molecule has 0 atom stereocenters. The molecule has 0 aliphatic carbocycles. The van der Waals surface area contributed by atoms with Gasteiger partial charge in [0, 0.05) is 11.1 Å². The number of benzene rings is 2. The van der Waals surface area contributed by atoms with Gasteiger partial charge < -0.3 is 5.32 Å². The van der Waals surface area contributed by atoms with E-state index in [0.29, 0.717) is 0 Å². The molecule has 14 heavy (non-hydrogen) atoms. The highest BCUT2D eigenvalue weighted by Crippen LogP contribution is 2.22. The molecule has 0 radical (unpaired) electrons. The fourth-order valence-corrected chi connectivity index (χ4v) is 1.63. The van der Waals surface area contributed by atoms with Crippen molar-refractivity contribution in [1.82, 2.24) is 0 Å². The van der Waals surface area contributed by atoms with Gasteiger partial charge in [-0.25, -0.2) is 0 Å². The molecule has 70 valence electrons. The van der Waals surface area contributed by atoms with Gasteiger partial charge in [0.15, 0.2) is 0 Å². The van der Waals surface area contributed by atoms with Gasteiger partial charge in [-0.3, -0.25) is 0 Å². The molecule has 2 heteroatoms. The van der Waals surface area contributed by atoms with Crippen LogP contribution in [0.4, 0.5) is 5.69 Å². The lowest BCUT2D eigenvalue weighted by molar-refractivity contribution is 1.68. The molecule has 0 amide bonds. The van der Waals surface area contributed by atoms with Crippen LogP contribution in [0, 0.1) is 0 Å². The fraction of sp³-hybridized carbons (Fsp3) is 0.0833. The third kappa shape index (κ3) is 1.75. The van der Waals surface area contributed by atoms with Crippen LogP contribution >= 0.6 is 12.2 Å². The molecule has 0 bridgehead atoms. The minimum atomic E-state index is 0.793. The Morgan fingerprint density at radius 1 is 1.07 bits per heavy atom. The second-order valence-corrected chi connectivity index (χ2v) is 3.82. The van der Waals surface area contributed by atoms with Gasteiger partial charge >= 0.3 is 0 Å². The largest absolute Gasteiger partial charge is 0.350 e. The van der Waals surface area contributed by atoms with E-state index in [2.05, 4.69) is 23.5 Å². The summed E-state index contributed by atoms with van der Waals surface area (Å²) in [7, 11) is 0. The van der Waals surface area contributed by atoms with Crippen LogP contribution in [0.1, 0.15) is 6.92 Å². The van der Waals surface area contributed by atoms with E-state index in [4.69, 9.17) is 12.2 Å². The maximum absolute atomic E-state index is 5.03. The zero-order valence-corrected chi connectivity index (χ0v) is 8.77. The highest BCUT2D eigenvalue weighted by Gasteiger charge is 1.98. The van der Waals surface area contributed by atoms with E-state index in [9.17, 15) is 0 Å². The predicted molar refractivity (Wildman–Crippen MR) is 65.8 cm³/mol. The molecule has 0 heterocycles. The molecular formula is C12H11NS. The van der Waals surface area contributed by atoms with Crippen molar-refractivity contribution in [2.75, 3.05) is 5.32 Å². The summed E-state index contributed by atoms with van der Waals surface area (Å²) in [5.74, 6) is 0. The van der Waals surface area contributed by atoms with Crippen LogP contribution in [0.15, 0.2) is 42.5 Å². The van der Waals surface area contributed by atoms with Crippen molar-refractivity contribution >= 4 is 33.7 Å². The van der Waals surface area contributed by atoms with Crippen LogP contribution in [-0.4, -0.2) is 4.99 Å². The van der Waals surface area contributed by atoms with Crippen LogP contribution in [0.2, 0.25) is 0 Å². The average molecular weight is 201 g/mol. The lowest BCUT2D eigenvalue weighted by Crippen LogP contribution is -2.03. The monoisotopic (exact) mass is 201 g/mol. The van der Waals surface area contributed by atoms with Crippen molar-refractivity contribution in [3.05, 3.63) is 42.5 Å². The number of fused-ring (bicyclic) bond motifs is 1. The summed E-state index contributed by atoms with van der Waals surface area (Å²) >= 11 is 5.03. The Kier molecular flexibility index (Phi) is 2.46. The highest BCUT2D eigenvalue weighted by atomic mass is 32.1. The highest BCUT2D eigenvalue weighted by molar-refractivity contribution is 7.80. The van der Waals surface area contributed by atoms with Crippen molar-refractivity contribution < 1.29 is 0 Å². The predicted octanol–water partition coefficient (Wildman–Crippen LogP) is 3.60. The Labute approximate surface area is 88.8 Å². The first-order valence-corrected chi connectivity index (χ1v) is 4.93. The molecule has 2 rings (SSSR count). The molecule has 1 N–H and O–H groups in total. The van der Waals surface area contributed by atoms with Crippen LogP contribution < -0.4 is 5.32 Å².